The number of halogens is 3. The summed E-state index contributed by atoms with van der Waals surface area (Å²) in [5.41, 5.74) is 1.03. The highest BCUT2D eigenvalue weighted by molar-refractivity contribution is 5.49. The Morgan fingerprint density at radius 2 is 1.60 bits per heavy atom. The van der Waals surface area contributed by atoms with Crippen LogP contribution in [0, 0.1) is 0 Å². The minimum atomic E-state index is -4.52. The van der Waals surface area contributed by atoms with E-state index >= 15 is 0 Å². The summed E-state index contributed by atoms with van der Waals surface area (Å²) in [4.78, 5) is 13.0. The molecular formula is C17H22F3N5. The molecule has 0 aliphatic heterocycles. The largest absolute Gasteiger partial charge is 0.433 e. The molecule has 25 heavy (non-hydrogen) atoms. The van der Waals surface area contributed by atoms with Crippen molar-refractivity contribution in [3.63, 3.8) is 0 Å². The van der Waals surface area contributed by atoms with E-state index in [-0.39, 0.29) is 11.8 Å². The summed E-state index contributed by atoms with van der Waals surface area (Å²) >= 11 is 0. The summed E-state index contributed by atoms with van der Waals surface area (Å²) in [6.07, 6.45) is -4.52. The predicted molar refractivity (Wildman–Crippen MR) is 94.2 cm³/mol. The second-order valence-corrected chi connectivity index (χ2v) is 6.22. The van der Waals surface area contributed by atoms with Gasteiger partial charge in [0.1, 0.15) is 5.82 Å². The fraction of sp³-hybridized carbons (Fsp3) is 0.412. The van der Waals surface area contributed by atoms with Crippen molar-refractivity contribution in [2.45, 2.75) is 12.7 Å². The molecule has 0 N–H and O–H groups in total. The van der Waals surface area contributed by atoms with E-state index in [0.29, 0.717) is 6.54 Å². The van der Waals surface area contributed by atoms with E-state index in [1.165, 1.54) is 4.90 Å². The van der Waals surface area contributed by atoms with Crippen molar-refractivity contribution >= 4 is 17.5 Å². The van der Waals surface area contributed by atoms with E-state index in [1.807, 2.05) is 43.3 Å². The SMILES string of the molecule is CN(C)c1cccc(CN(C)c2nc(N(C)C)cc(C(F)(F)F)n2)c1. The van der Waals surface area contributed by atoms with Crippen molar-refractivity contribution in [3.05, 3.63) is 41.6 Å². The van der Waals surface area contributed by atoms with Gasteiger partial charge in [0.15, 0.2) is 5.69 Å². The van der Waals surface area contributed by atoms with Gasteiger partial charge in [0.2, 0.25) is 5.95 Å². The first-order chi connectivity index (χ1) is 11.6. The molecule has 0 bridgehead atoms. The van der Waals surface area contributed by atoms with Gasteiger partial charge in [-0.3, -0.25) is 0 Å². The number of anilines is 3. The van der Waals surface area contributed by atoms with E-state index in [0.717, 1.165) is 17.3 Å². The Labute approximate surface area is 145 Å². The monoisotopic (exact) mass is 353 g/mol. The fourth-order valence-corrected chi connectivity index (χ4v) is 2.24. The molecular weight excluding hydrogens is 331 g/mol. The standard InChI is InChI=1S/C17H22F3N5/c1-23(2)13-8-6-7-12(9-13)11-25(5)16-21-14(17(18,19)20)10-15(22-16)24(3)4/h6-10H,11H2,1-5H3. The topological polar surface area (TPSA) is 35.5 Å². The predicted octanol–water partition coefficient (Wildman–Crippen LogP) is 3.26. The Morgan fingerprint density at radius 3 is 2.16 bits per heavy atom. The van der Waals surface area contributed by atoms with Crippen LogP contribution in [0.15, 0.2) is 30.3 Å². The Hall–Kier alpha value is -2.51. The van der Waals surface area contributed by atoms with Crippen molar-refractivity contribution in [1.29, 1.82) is 0 Å². The lowest BCUT2D eigenvalue weighted by Crippen LogP contribution is -2.23. The normalized spacial score (nSPS) is 11.4. The van der Waals surface area contributed by atoms with Crippen molar-refractivity contribution in [2.24, 2.45) is 0 Å². The summed E-state index contributed by atoms with van der Waals surface area (Å²) in [7, 11) is 8.83. The van der Waals surface area contributed by atoms with Gasteiger partial charge in [0.25, 0.3) is 0 Å². The van der Waals surface area contributed by atoms with Crippen molar-refractivity contribution in [1.82, 2.24) is 9.97 Å². The molecule has 136 valence electrons. The molecule has 0 atom stereocenters. The molecule has 1 heterocycles. The van der Waals surface area contributed by atoms with Crippen LogP contribution in [0.3, 0.4) is 0 Å². The molecule has 0 aliphatic rings. The highest BCUT2D eigenvalue weighted by atomic mass is 19.4. The van der Waals surface area contributed by atoms with Crippen LogP contribution in [0.4, 0.5) is 30.6 Å². The van der Waals surface area contributed by atoms with Crippen LogP contribution >= 0.6 is 0 Å². The van der Waals surface area contributed by atoms with Gasteiger partial charge >= 0.3 is 6.18 Å². The second-order valence-electron chi connectivity index (χ2n) is 6.22. The number of hydrogen-bond acceptors (Lipinski definition) is 5. The van der Waals surface area contributed by atoms with E-state index < -0.39 is 11.9 Å². The zero-order valence-electron chi connectivity index (χ0n) is 15.0. The molecule has 0 saturated carbocycles. The maximum atomic E-state index is 13.1. The smallest absolute Gasteiger partial charge is 0.378 e. The maximum absolute atomic E-state index is 13.1. The third-order valence-electron chi connectivity index (χ3n) is 3.64. The van der Waals surface area contributed by atoms with Crippen LogP contribution in [0.1, 0.15) is 11.3 Å². The number of aromatic nitrogens is 2. The highest BCUT2D eigenvalue weighted by Crippen LogP contribution is 2.31. The Morgan fingerprint density at radius 1 is 0.920 bits per heavy atom. The lowest BCUT2D eigenvalue weighted by molar-refractivity contribution is -0.141. The van der Waals surface area contributed by atoms with Gasteiger partial charge in [0, 0.05) is 53.5 Å². The fourth-order valence-electron chi connectivity index (χ4n) is 2.24. The van der Waals surface area contributed by atoms with E-state index in [9.17, 15) is 13.2 Å². The van der Waals surface area contributed by atoms with Gasteiger partial charge in [-0.15, -0.1) is 0 Å². The van der Waals surface area contributed by atoms with Gasteiger partial charge in [-0.05, 0) is 17.7 Å². The molecule has 5 nitrogen and oxygen atoms in total. The van der Waals surface area contributed by atoms with Gasteiger partial charge in [-0.1, -0.05) is 12.1 Å². The number of benzene rings is 1. The van der Waals surface area contributed by atoms with E-state index in [4.69, 9.17) is 0 Å². The lowest BCUT2D eigenvalue weighted by Gasteiger charge is -2.22. The average Bonchev–Trinajstić information content (AvgIpc) is 2.53. The first-order valence-electron chi connectivity index (χ1n) is 7.69. The molecule has 8 heteroatoms. The summed E-state index contributed by atoms with van der Waals surface area (Å²) in [5, 5.41) is 0. The summed E-state index contributed by atoms with van der Waals surface area (Å²) in [5.74, 6) is 0.250. The molecule has 1 aromatic heterocycles. The molecule has 1 aromatic carbocycles. The van der Waals surface area contributed by atoms with Crippen LogP contribution in [-0.2, 0) is 12.7 Å². The summed E-state index contributed by atoms with van der Waals surface area (Å²) in [6.45, 7) is 0.399. The summed E-state index contributed by atoms with van der Waals surface area (Å²) < 4.78 is 39.3. The molecule has 0 amide bonds. The van der Waals surface area contributed by atoms with Crippen molar-refractivity contribution in [2.75, 3.05) is 49.9 Å². The van der Waals surface area contributed by atoms with Crippen LogP contribution in [0.2, 0.25) is 0 Å². The number of alkyl halides is 3. The molecule has 0 spiro atoms. The van der Waals surface area contributed by atoms with Gasteiger partial charge < -0.3 is 14.7 Å². The van der Waals surface area contributed by atoms with Crippen LogP contribution in [-0.4, -0.2) is 45.2 Å². The third kappa shape index (κ3) is 4.74. The summed E-state index contributed by atoms with van der Waals surface area (Å²) in [6, 6.07) is 8.73. The number of nitrogens with zero attached hydrogens (tertiary/aromatic N) is 5. The zero-order valence-corrected chi connectivity index (χ0v) is 15.0. The number of rotatable bonds is 5. The molecule has 0 aliphatic carbocycles. The average molecular weight is 353 g/mol. The Bertz CT molecular complexity index is 728. The third-order valence-corrected chi connectivity index (χ3v) is 3.64. The van der Waals surface area contributed by atoms with E-state index in [1.54, 1.807) is 26.0 Å². The molecule has 2 aromatic rings. The quantitative estimate of drug-likeness (QED) is 0.824. The maximum Gasteiger partial charge on any atom is 0.433 e. The molecule has 2 rings (SSSR count). The van der Waals surface area contributed by atoms with Crippen LogP contribution in [0.5, 0.6) is 0 Å². The van der Waals surface area contributed by atoms with Gasteiger partial charge in [-0.25, -0.2) is 4.98 Å². The van der Waals surface area contributed by atoms with Crippen molar-refractivity contribution in [3.8, 4) is 0 Å². The highest BCUT2D eigenvalue weighted by Gasteiger charge is 2.34. The minimum Gasteiger partial charge on any atom is -0.378 e. The van der Waals surface area contributed by atoms with Crippen molar-refractivity contribution < 1.29 is 13.2 Å². The number of hydrogen-bond donors (Lipinski definition) is 0. The van der Waals surface area contributed by atoms with Gasteiger partial charge in [-0.2, -0.15) is 18.2 Å². The molecule has 0 radical (unpaired) electrons. The minimum absolute atomic E-state index is 0.0359. The van der Waals surface area contributed by atoms with Crippen LogP contribution in [0.25, 0.3) is 0 Å². The molecule has 0 saturated heterocycles. The first-order valence-corrected chi connectivity index (χ1v) is 7.69. The lowest BCUT2D eigenvalue weighted by atomic mass is 10.2. The Kier molecular flexibility index (Phi) is 5.39. The first kappa shape index (κ1) is 18.8. The molecule has 0 fully saturated rings. The van der Waals surface area contributed by atoms with Crippen LogP contribution < -0.4 is 14.7 Å². The zero-order chi connectivity index (χ0) is 18.8. The van der Waals surface area contributed by atoms with E-state index in [2.05, 4.69) is 9.97 Å². The second kappa shape index (κ2) is 7.16. The molecule has 0 unspecified atom stereocenters. The Balaban J connectivity index is 2.33. The van der Waals surface area contributed by atoms with Gasteiger partial charge in [0.05, 0.1) is 0 Å².